The Bertz CT molecular complexity index is 748. The van der Waals surface area contributed by atoms with Crippen LogP contribution in [0.5, 0.6) is 0 Å². The van der Waals surface area contributed by atoms with Crippen molar-refractivity contribution in [3.05, 3.63) is 82.1 Å². The Kier molecular flexibility index (Phi) is 5.52. The van der Waals surface area contributed by atoms with E-state index in [1.54, 1.807) is 10.8 Å². The molecule has 2 aromatic rings. The Morgan fingerprint density at radius 1 is 0.875 bits per heavy atom. The molecule has 0 fully saturated rings. The van der Waals surface area contributed by atoms with E-state index in [0.29, 0.717) is 0 Å². The maximum Gasteiger partial charge on any atom is 0.0341 e. The highest BCUT2D eigenvalue weighted by atomic mass is 28.1. The lowest BCUT2D eigenvalue weighted by Crippen LogP contribution is -1.91. The van der Waals surface area contributed by atoms with Crippen LogP contribution in [0.15, 0.2) is 65.4 Å². The van der Waals surface area contributed by atoms with Gasteiger partial charge in [0, 0.05) is 10.2 Å². The molecule has 0 N–H and O–H groups in total. The first kappa shape index (κ1) is 17.0. The summed E-state index contributed by atoms with van der Waals surface area (Å²) in [5, 5.41) is 1.67. The van der Waals surface area contributed by atoms with E-state index in [-0.39, 0.29) is 0 Å². The molecule has 1 aliphatic carbocycles. The highest BCUT2D eigenvalue weighted by Gasteiger charge is 2.22. The molecule has 0 nitrogen and oxygen atoms in total. The van der Waals surface area contributed by atoms with Gasteiger partial charge in [-0.2, -0.15) is 0 Å². The van der Waals surface area contributed by atoms with Crippen molar-refractivity contribution in [2.75, 3.05) is 0 Å². The lowest BCUT2D eigenvalue weighted by molar-refractivity contribution is 0.795. The number of hydrogen-bond acceptors (Lipinski definition) is 0. The van der Waals surface area contributed by atoms with Gasteiger partial charge in [-0.05, 0) is 59.1 Å². The van der Waals surface area contributed by atoms with Crippen molar-refractivity contribution in [2.45, 2.75) is 46.0 Å². The number of unbranched alkanes of at least 4 members (excludes halogenated alkanes) is 1. The molecule has 0 aliphatic heterocycles. The summed E-state index contributed by atoms with van der Waals surface area (Å²) >= 11 is 0. The monoisotopic (exact) mass is 332 g/mol. The van der Waals surface area contributed by atoms with Crippen LogP contribution < -0.4 is 0 Å². The summed E-state index contributed by atoms with van der Waals surface area (Å²) in [7, 11) is 1.16. The molecule has 1 heteroatoms. The molecule has 0 aromatic heterocycles. The molecule has 24 heavy (non-hydrogen) atoms. The van der Waals surface area contributed by atoms with E-state index < -0.39 is 0 Å². The van der Waals surface area contributed by atoms with E-state index in [1.807, 2.05) is 0 Å². The van der Waals surface area contributed by atoms with Crippen LogP contribution in [-0.2, 0) is 6.42 Å². The van der Waals surface area contributed by atoms with Gasteiger partial charge in [-0.1, -0.05) is 80.1 Å². The quantitative estimate of drug-likeness (QED) is 0.624. The van der Waals surface area contributed by atoms with Gasteiger partial charge in [-0.15, -0.1) is 0 Å². The van der Waals surface area contributed by atoms with Crippen LogP contribution in [-0.4, -0.2) is 10.2 Å². The summed E-state index contributed by atoms with van der Waals surface area (Å²) in [6, 6.07) is 20.3. The molecular formula is C23H28Si. The van der Waals surface area contributed by atoms with E-state index >= 15 is 0 Å². The van der Waals surface area contributed by atoms with Crippen molar-refractivity contribution in [1.29, 1.82) is 0 Å². The van der Waals surface area contributed by atoms with E-state index in [2.05, 4.69) is 68.4 Å². The zero-order valence-electron chi connectivity index (χ0n) is 15.2. The third-order valence-electron chi connectivity index (χ3n) is 5.10. The van der Waals surface area contributed by atoms with Gasteiger partial charge in [0.25, 0.3) is 0 Å². The molecule has 0 unspecified atom stereocenters. The van der Waals surface area contributed by atoms with Crippen LogP contribution in [0.25, 0.3) is 11.1 Å². The molecule has 0 spiro atoms. The summed E-state index contributed by atoms with van der Waals surface area (Å²) in [5.74, 6) is 0. The molecule has 0 heterocycles. The van der Waals surface area contributed by atoms with E-state index in [0.717, 1.165) is 23.1 Å². The summed E-state index contributed by atoms with van der Waals surface area (Å²) in [6.07, 6.45) is 6.03. The Balaban J connectivity index is 2.00. The smallest absolute Gasteiger partial charge is 0.0341 e. The average molecular weight is 333 g/mol. The Hall–Kier alpha value is -1.86. The van der Waals surface area contributed by atoms with E-state index in [1.165, 1.54) is 47.1 Å². The van der Waals surface area contributed by atoms with Crippen molar-refractivity contribution in [3.8, 4) is 0 Å². The van der Waals surface area contributed by atoms with Crippen molar-refractivity contribution >= 4 is 21.4 Å². The van der Waals surface area contributed by atoms with Gasteiger partial charge in [0.05, 0.1) is 0 Å². The van der Waals surface area contributed by atoms with Gasteiger partial charge >= 0.3 is 0 Å². The van der Waals surface area contributed by atoms with Crippen LogP contribution in [0.1, 0.15) is 56.2 Å². The van der Waals surface area contributed by atoms with E-state index in [9.17, 15) is 0 Å². The molecule has 124 valence electrons. The fourth-order valence-corrected chi connectivity index (χ4v) is 4.74. The van der Waals surface area contributed by atoms with Crippen molar-refractivity contribution in [3.63, 3.8) is 0 Å². The van der Waals surface area contributed by atoms with Gasteiger partial charge in [0.15, 0.2) is 0 Å². The van der Waals surface area contributed by atoms with Crippen LogP contribution in [0.2, 0.25) is 0 Å². The number of hydrogen-bond donors (Lipinski definition) is 0. The highest BCUT2D eigenvalue weighted by Crippen LogP contribution is 2.43. The Morgan fingerprint density at radius 2 is 1.58 bits per heavy atom. The normalized spacial score (nSPS) is 14.8. The van der Waals surface area contributed by atoms with Crippen LogP contribution in [0.4, 0.5) is 0 Å². The van der Waals surface area contributed by atoms with Gasteiger partial charge in [-0.3, -0.25) is 0 Å². The zero-order chi connectivity index (χ0) is 16.9. The average Bonchev–Trinajstić information content (AvgIpc) is 2.97. The van der Waals surface area contributed by atoms with Gasteiger partial charge < -0.3 is 0 Å². The second-order valence-electron chi connectivity index (χ2n) is 6.81. The molecule has 0 bridgehead atoms. The van der Waals surface area contributed by atoms with Crippen LogP contribution >= 0.6 is 0 Å². The number of aryl methyl sites for hydroxylation is 1. The van der Waals surface area contributed by atoms with Gasteiger partial charge in [0.2, 0.25) is 0 Å². The largest absolute Gasteiger partial charge is 0.0837 e. The standard InChI is InChI=1S/C23H28Si/c1-3-5-9-17-12-14-18(15-13-17)21-16-22(24)20(4-2)23(21)19-10-7-6-8-11-19/h6-8,10-15H,3-5,9,16H2,1-2,24H3. The highest BCUT2D eigenvalue weighted by molar-refractivity contribution is 6.27. The maximum atomic E-state index is 2.34. The topological polar surface area (TPSA) is 0 Å². The molecule has 1 aliphatic rings. The third-order valence-corrected chi connectivity index (χ3v) is 6.06. The predicted octanol–water partition coefficient (Wildman–Crippen LogP) is 5.37. The number of allylic oxidation sites excluding steroid dienone is 4. The molecule has 0 saturated carbocycles. The number of rotatable bonds is 6. The number of benzene rings is 2. The zero-order valence-corrected chi connectivity index (χ0v) is 17.2. The first-order valence-corrected chi connectivity index (χ1v) is 10.3. The lowest BCUT2D eigenvalue weighted by Gasteiger charge is -2.12. The molecule has 0 atom stereocenters. The molecular weight excluding hydrogens is 304 g/mol. The molecule has 0 amide bonds. The third kappa shape index (κ3) is 3.46. The first-order valence-electron chi connectivity index (χ1n) is 9.31. The second kappa shape index (κ2) is 7.81. The summed E-state index contributed by atoms with van der Waals surface area (Å²) in [6.45, 7) is 4.56. The van der Waals surface area contributed by atoms with Gasteiger partial charge in [0.1, 0.15) is 0 Å². The molecule has 0 saturated heterocycles. The minimum absolute atomic E-state index is 1.14. The second-order valence-corrected chi connectivity index (χ2v) is 8.02. The molecule has 2 aromatic carbocycles. The fourth-order valence-electron chi connectivity index (χ4n) is 3.79. The fraction of sp³-hybridized carbons (Fsp3) is 0.304. The maximum absolute atomic E-state index is 2.34. The lowest BCUT2D eigenvalue weighted by atomic mass is 9.92. The summed E-state index contributed by atoms with van der Waals surface area (Å²) < 4.78 is 0. The van der Waals surface area contributed by atoms with Crippen molar-refractivity contribution in [1.82, 2.24) is 0 Å². The van der Waals surface area contributed by atoms with Crippen molar-refractivity contribution < 1.29 is 0 Å². The van der Waals surface area contributed by atoms with E-state index in [4.69, 9.17) is 0 Å². The Morgan fingerprint density at radius 3 is 2.21 bits per heavy atom. The van der Waals surface area contributed by atoms with Crippen LogP contribution in [0.3, 0.4) is 0 Å². The SMILES string of the molecule is CCCCc1ccc(C2=C(c3ccccc3)C(CC)=C([SiH3])C2)cc1. The summed E-state index contributed by atoms with van der Waals surface area (Å²) in [5.41, 5.74) is 8.89. The van der Waals surface area contributed by atoms with Gasteiger partial charge in [-0.25, -0.2) is 0 Å². The minimum Gasteiger partial charge on any atom is -0.0837 e. The first-order chi connectivity index (χ1) is 11.7. The Labute approximate surface area is 149 Å². The predicted molar refractivity (Wildman–Crippen MR) is 110 cm³/mol. The van der Waals surface area contributed by atoms with Crippen molar-refractivity contribution in [2.24, 2.45) is 0 Å². The molecule has 0 radical (unpaired) electrons. The summed E-state index contributed by atoms with van der Waals surface area (Å²) in [4.78, 5) is 0. The minimum atomic E-state index is 1.14. The molecule has 3 rings (SSSR count). The van der Waals surface area contributed by atoms with Crippen LogP contribution in [0, 0.1) is 0 Å².